The van der Waals surface area contributed by atoms with Crippen molar-refractivity contribution >= 4 is 12.0 Å². The molecule has 1 fully saturated rings. The van der Waals surface area contributed by atoms with Gasteiger partial charge in [0.15, 0.2) is 0 Å². The van der Waals surface area contributed by atoms with E-state index >= 15 is 0 Å². The third-order valence-corrected chi connectivity index (χ3v) is 2.51. The second kappa shape index (κ2) is 5.68. The van der Waals surface area contributed by atoms with Crippen LogP contribution in [0.2, 0.25) is 0 Å². The molecule has 16 heavy (non-hydrogen) atoms. The van der Waals surface area contributed by atoms with Gasteiger partial charge in [-0.15, -0.1) is 0 Å². The Morgan fingerprint density at radius 3 is 2.75 bits per heavy atom. The van der Waals surface area contributed by atoms with E-state index in [-0.39, 0.29) is 12.0 Å². The van der Waals surface area contributed by atoms with E-state index in [0.717, 1.165) is 12.8 Å². The molecule has 1 saturated heterocycles. The first-order chi connectivity index (χ1) is 7.54. The first kappa shape index (κ1) is 12.7. The molecule has 0 N–H and O–H groups in total. The predicted molar refractivity (Wildman–Crippen MR) is 60.9 cm³/mol. The zero-order valence-electron chi connectivity index (χ0n) is 9.94. The monoisotopic (exact) mass is 225 g/mol. The van der Waals surface area contributed by atoms with Crippen LogP contribution in [0.25, 0.3) is 0 Å². The first-order valence-electron chi connectivity index (χ1n) is 5.68. The summed E-state index contributed by atoms with van der Waals surface area (Å²) in [7, 11) is 0. The molecule has 0 aromatic rings. The molecular formula is C12H19NO3. The van der Waals surface area contributed by atoms with E-state index in [2.05, 4.69) is 6.58 Å². The fourth-order valence-corrected chi connectivity index (χ4v) is 1.69. The number of likely N-dealkylation sites (tertiary alicyclic amines) is 1. The van der Waals surface area contributed by atoms with Gasteiger partial charge in [0.2, 0.25) is 5.91 Å². The van der Waals surface area contributed by atoms with E-state index in [1.54, 1.807) is 6.08 Å². The Balaban J connectivity index is 2.48. The molecule has 2 amide bonds. The maximum atomic E-state index is 11.6. The number of carbonyl (C=O) groups excluding carboxylic acids is 2. The summed E-state index contributed by atoms with van der Waals surface area (Å²) in [6, 6.07) is 0. The Hall–Kier alpha value is -1.32. The second-order valence-corrected chi connectivity index (χ2v) is 4.44. The molecule has 1 atom stereocenters. The zero-order valence-corrected chi connectivity index (χ0v) is 9.94. The van der Waals surface area contributed by atoms with Gasteiger partial charge in [0.25, 0.3) is 0 Å². The average molecular weight is 225 g/mol. The Morgan fingerprint density at radius 1 is 1.62 bits per heavy atom. The van der Waals surface area contributed by atoms with Gasteiger partial charge in [-0.2, -0.15) is 0 Å². The lowest BCUT2D eigenvalue weighted by molar-refractivity contribution is -0.126. The van der Waals surface area contributed by atoms with E-state index in [1.165, 1.54) is 4.90 Å². The van der Waals surface area contributed by atoms with Crippen molar-refractivity contribution in [3.63, 3.8) is 0 Å². The summed E-state index contributed by atoms with van der Waals surface area (Å²) >= 11 is 0. The van der Waals surface area contributed by atoms with Gasteiger partial charge >= 0.3 is 6.09 Å². The largest absolute Gasteiger partial charge is 0.442 e. The highest BCUT2D eigenvalue weighted by Gasteiger charge is 2.29. The van der Waals surface area contributed by atoms with Crippen molar-refractivity contribution < 1.29 is 14.3 Å². The van der Waals surface area contributed by atoms with E-state index < -0.39 is 6.09 Å². The summed E-state index contributed by atoms with van der Waals surface area (Å²) in [5.74, 6) is 0.280. The zero-order chi connectivity index (χ0) is 12.1. The summed E-state index contributed by atoms with van der Waals surface area (Å²) in [6.45, 7) is 8.20. The lowest BCUT2D eigenvalue weighted by Gasteiger charge is -2.19. The number of amides is 2. The van der Waals surface area contributed by atoms with Crippen molar-refractivity contribution in [2.45, 2.75) is 39.2 Å². The number of hydrogen-bond donors (Lipinski definition) is 0. The van der Waals surface area contributed by atoms with Gasteiger partial charge in [0, 0.05) is 13.0 Å². The van der Waals surface area contributed by atoms with Crippen LogP contribution in [0.15, 0.2) is 12.7 Å². The molecule has 4 heteroatoms. The summed E-state index contributed by atoms with van der Waals surface area (Å²) in [4.78, 5) is 24.1. The van der Waals surface area contributed by atoms with Gasteiger partial charge in [-0.3, -0.25) is 4.79 Å². The van der Waals surface area contributed by atoms with Crippen LogP contribution >= 0.6 is 0 Å². The molecule has 0 aromatic heterocycles. The number of hydrogen-bond acceptors (Lipinski definition) is 3. The molecule has 4 nitrogen and oxygen atoms in total. The summed E-state index contributed by atoms with van der Waals surface area (Å²) in [5, 5.41) is 0. The minimum Gasteiger partial charge on any atom is -0.442 e. The molecule has 1 unspecified atom stereocenters. The van der Waals surface area contributed by atoms with Crippen molar-refractivity contribution in [3.05, 3.63) is 12.7 Å². The summed E-state index contributed by atoms with van der Waals surface area (Å²) in [5.41, 5.74) is 0. The molecule has 1 heterocycles. The lowest BCUT2D eigenvalue weighted by Crippen LogP contribution is -2.35. The number of carbonyl (C=O) groups is 2. The molecule has 0 saturated carbocycles. The van der Waals surface area contributed by atoms with Crippen LogP contribution in [0.1, 0.15) is 33.1 Å². The molecular weight excluding hydrogens is 206 g/mol. The molecule has 1 rings (SSSR count). The van der Waals surface area contributed by atoms with Crippen LogP contribution in [0.3, 0.4) is 0 Å². The molecule has 0 spiro atoms. The molecule has 0 bridgehead atoms. The number of imide groups is 1. The van der Waals surface area contributed by atoms with Gasteiger partial charge in [-0.05, 0) is 18.8 Å². The van der Waals surface area contributed by atoms with E-state index in [4.69, 9.17) is 4.74 Å². The molecule has 0 aromatic carbocycles. The van der Waals surface area contributed by atoms with Gasteiger partial charge in [0.05, 0.1) is 0 Å². The third kappa shape index (κ3) is 3.36. The minimum absolute atomic E-state index is 0.141. The molecule has 0 aliphatic carbocycles. The highest BCUT2D eigenvalue weighted by atomic mass is 16.6. The van der Waals surface area contributed by atoms with Gasteiger partial charge in [-0.1, -0.05) is 26.5 Å². The van der Waals surface area contributed by atoms with Crippen molar-refractivity contribution in [2.24, 2.45) is 5.92 Å². The Bertz CT molecular complexity index is 286. The average Bonchev–Trinajstić information content (AvgIpc) is 2.62. The Morgan fingerprint density at radius 2 is 2.31 bits per heavy atom. The Labute approximate surface area is 96.3 Å². The highest BCUT2D eigenvalue weighted by molar-refractivity contribution is 5.93. The molecule has 1 aliphatic rings. The van der Waals surface area contributed by atoms with Gasteiger partial charge in [0.1, 0.15) is 6.10 Å². The van der Waals surface area contributed by atoms with Crippen molar-refractivity contribution in [3.8, 4) is 0 Å². The maximum Gasteiger partial charge on any atom is 0.417 e. The highest BCUT2D eigenvalue weighted by Crippen LogP contribution is 2.15. The second-order valence-electron chi connectivity index (χ2n) is 4.44. The van der Waals surface area contributed by atoms with E-state index in [1.807, 2.05) is 13.8 Å². The fraction of sp³-hybridized carbons (Fsp3) is 0.667. The van der Waals surface area contributed by atoms with E-state index in [9.17, 15) is 9.59 Å². The SMILES string of the molecule is C=CC(CC(C)C)OC(=O)N1CCCC1=O. The third-order valence-electron chi connectivity index (χ3n) is 2.51. The molecule has 0 radical (unpaired) electrons. The van der Waals surface area contributed by atoms with Crippen LogP contribution in [0.4, 0.5) is 4.79 Å². The van der Waals surface area contributed by atoms with Crippen molar-refractivity contribution in [1.82, 2.24) is 4.90 Å². The predicted octanol–water partition coefficient (Wildman–Crippen LogP) is 2.35. The summed E-state index contributed by atoms with van der Waals surface area (Å²) in [6.07, 6.45) is 2.68. The van der Waals surface area contributed by atoms with Gasteiger partial charge < -0.3 is 4.74 Å². The van der Waals surface area contributed by atoms with Crippen LogP contribution in [-0.2, 0) is 9.53 Å². The first-order valence-corrected chi connectivity index (χ1v) is 5.68. The topological polar surface area (TPSA) is 46.6 Å². The Kier molecular flexibility index (Phi) is 4.52. The number of ether oxygens (including phenoxy) is 1. The van der Waals surface area contributed by atoms with Crippen LogP contribution in [-0.4, -0.2) is 29.5 Å². The lowest BCUT2D eigenvalue weighted by atomic mass is 10.1. The smallest absolute Gasteiger partial charge is 0.417 e. The quantitative estimate of drug-likeness (QED) is 0.690. The summed E-state index contributed by atoms with van der Waals surface area (Å²) < 4.78 is 5.21. The van der Waals surface area contributed by atoms with Crippen molar-refractivity contribution in [2.75, 3.05) is 6.54 Å². The molecule has 1 aliphatic heterocycles. The van der Waals surface area contributed by atoms with Crippen LogP contribution < -0.4 is 0 Å². The van der Waals surface area contributed by atoms with Crippen LogP contribution in [0.5, 0.6) is 0 Å². The van der Waals surface area contributed by atoms with Gasteiger partial charge in [-0.25, -0.2) is 9.69 Å². The van der Waals surface area contributed by atoms with E-state index in [0.29, 0.717) is 18.9 Å². The standard InChI is InChI=1S/C12H19NO3/c1-4-10(8-9(2)3)16-12(15)13-7-5-6-11(13)14/h4,9-10H,1,5-8H2,2-3H3. The van der Waals surface area contributed by atoms with Crippen LogP contribution in [0, 0.1) is 5.92 Å². The maximum absolute atomic E-state index is 11.6. The number of nitrogens with zero attached hydrogens (tertiary/aromatic N) is 1. The normalized spacial score (nSPS) is 17.7. The molecule has 90 valence electrons. The van der Waals surface area contributed by atoms with Crippen molar-refractivity contribution in [1.29, 1.82) is 0 Å². The fourth-order valence-electron chi connectivity index (χ4n) is 1.69. The number of rotatable bonds is 4. The minimum atomic E-state index is -0.534.